The molecule has 1 saturated heterocycles. The molecular formula is C10H12ClFN2. The molecular weight excluding hydrogens is 203 g/mol. The molecule has 3 N–H and O–H groups in total. The molecule has 0 amide bonds. The molecule has 1 aliphatic heterocycles. The van der Waals surface area contributed by atoms with Crippen LogP contribution >= 0.6 is 11.6 Å². The Morgan fingerprint density at radius 3 is 2.86 bits per heavy atom. The highest BCUT2D eigenvalue weighted by atomic mass is 35.5. The van der Waals surface area contributed by atoms with Gasteiger partial charge in [0.25, 0.3) is 0 Å². The second-order valence-corrected chi connectivity index (χ2v) is 3.95. The lowest BCUT2D eigenvalue weighted by Gasteiger charge is -2.12. The summed E-state index contributed by atoms with van der Waals surface area (Å²) in [5.41, 5.74) is 6.35. The zero-order valence-electron chi connectivity index (χ0n) is 7.69. The quantitative estimate of drug-likeness (QED) is 0.705. The lowest BCUT2D eigenvalue weighted by Crippen LogP contribution is -2.13. The number of nitrogen functional groups attached to an aromatic ring is 1. The van der Waals surface area contributed by atoms with Crippen LogP contribution in [0.1, 0.15) is 24.4 Å². The second kappa shape index (κ2) is 3.75. The summed E-state index contributed by atoms with van der Waals surface area (Å²) < 4.78 is 13.3. The second-order valence-electron chi connectivity index (χ2n) is 3.55. The molecule has 1 fully saturated rings. The first kappa shape index (κ1) is 9.74. The van der Waals surface area contributed by atoms with Crippen molar-refractivity contribution >= 4 is 17.3 Å². The summed E-state index contributed by atoms with van der Waals surface area (Å²) in [6.07, 6.45) is 2.15. The minimum atomic E-state index is -0.429. The topological polar surface area (TPSA) is 38.0 Å². The number of rotatable bonds is 1. The van der Waals surface area contributed by atoms with Crippen LogP contribution in [0.2, 0.25) is 5.02 Å². The Bertz CT molecular complexity index is 325. The van der Waals surface area contributed by atoms with Gasteiger partial charge in [-0.25, -0.2) is 4.39 Å². The van der Waals surface area contributed by atoms with Crippen LogP contribution < -0.4 is 11.1 Å². The van der Waals surface area contributed by atoms with Gasteiger partial charge in [-0.05, 0) is 37.1 Å². The van der Waals surface area contributed by atoms with E-state index in [1.54, 1.807) is 6.07 Å². The Morgan fingerprint density at radius 2 is 2.29 bits per heavy atom. The normalized spacial score (nSPS) is 21.4. The van der Waals surface area contributed by atoms with Crippen LogP contribution in [0.4, 0.5) is 10.1 Å². The van der Waals surface area contributed by atoms with Crippen molar-refractivity contribution in [2.75, 3.05) is 12.3 Å². The Kier molecular flexibility index (Phi) is 2.61. The summed E-state index contributed by atoms with van der Waals surface area (Å²) in [5.74, 6) is -0.429. The number of nitrogens with one attached hydrogen (secondary N) is 1. The van der Waals surface area contributed by atoms with E-state index < -0.39 is 5.82 Å². The van der Waals surface area contributed by atoms with E-state index in [1.165, 1.54) is 6.07 Å². The molecule has 2 rings (SSSR count). The Balaban J connectivity index is 2.34. The highest BCUT2D eigenvalue weighted by molar-refractivity contribution is 6.33. The van der Waals surface area contributed by atoms with Crippen LogP contribution in [-0.2, 0) is 0 Å². The van der Waals surface area contributed by atoms with E-state index in [0.717, 1.165) is 24.9 Å². The van der Waals surface area contributed by atoms with Gasteiger partial charge >= 0.3 is 0 Å². The van der Waals surface area contributed by atoms with E-state index in [0.29, 0.717) is 5.02 Å². The third-order valence-electron chi connectivity index (χ3n) is 2.56. The van der Waals surface area contributed by atoms with Crippen LogP contribution in [0, 0.1) is 5.82 Å². The maximum atomic E-state index is 13.3. The summed E-state index contributed by atoms with van der Waals surface area (Å²) in [7, 11) is 0. The summed E-state index contributed by atoms with van der Waals surface area (Å²) in [6.45, 7) is 0.980. The smallest absolute Gasteiger partial charge is 0.147 e. The number of hydrogen-bond acceptors (Lipinski definition) is 2. The molecule has 1 atom stereocenters. The van der Waals surface area contributed by atoms with Crippen molar-refractivity contribution in [2.24, 2.45) is 0 Å². The number of hydrogen-bond donors (Lipinski definition) is 2. The Morgan fingerprint density at radius 1 is 1.50 bits per heavy atom. The lowest BCUT2D eigenvalue weighted by molar-refractivity contribution is 0.610. The van der Waals surface area contributed by atoms with Crippen molar-refractivity contribution in [3.8, 4) is 0 Å². The Hall–Kier alpha value is -0.800. The fourth-order valence-electron chi connectivity index (χ4n) is 1.77. The summed E-state index contributed by atoms with van der Waals surface area (Å²) >= 11 is 5.80. The maximum Gasteiger partial charge on any atom is 0.147 e. The minimum Gasteiger partial charge on any atom is -0.395 e. The predicted octanol–water partition coefficient (Wildman–Crippen LogP) is 2.49. The average Bonchev–Trinajstić information content (AvgIpc) is 2.66. The van der Waals surface area contributed by atoms with Gasteiger partial charge in [0.2, 0.25) is 0 Å². The van der Waals surface area contributed by atoms with E-state index in [2.05, 4.69) is 5.32 Å². The van der Waals surface area contributed by atoms with E-state index >= 15 is 0 Å². The van der Waals surface area contributed by atoms with Crippen molar-refractivity contribution in [1.29, 1.82) is 0 Å². The standard InChI is InChI=1S/C10H12ClFN2/c11-7-4-6(5-8(12)10(7)13)9-2-1-3-14-9/h4-5,9,14H,1-3,13H2/t9-/m0/s1. The number of nitrogens with two attached hydrogens (primary N) is 1. The fraction of sp³-hybridized carbons (Fsp3) is 0.400. The van der Waals surface area contributed by atoms with Gasteiger partial charge in [-0.3, -0.25) is 0 Å². The molecule has 0 aromatic heterocycles. The van der Waals surface area contributed by atoms with E-state index in [9.17, 15) is 4.39 Å². The van der Waals surface area contributed by atoms with Gasteiger partial charge in [-0.15, -0.1) is 0 Å². The van der Waals surface area contributed by atoms with Crippen molar-refractivity contribution < 1.29 is 4.39 Å². The zero-order valence-corrected chi connectivity index (χ0v) is 8.44. The first-order valence-corrected chi connectivity index (χ1v) is 5.04. The average molecular weight is 215 g/mol. The molecule has 14 heavy (non-hydrogen) atoms. The number of halogens is 2. The van der Waals surface area contributed by atoms with Crippen LogP contribution in [0.15, 0.2) is 12.1 Å². The van der Waals surface area contributed by atoms with Crippen molar-refractivity contribution in [3.63, 3.8) is 0 Å². The largest absolute Gasteiger partial charge is 0.395 e. The first-order valence-electron chi connectivity index (χ1n) is 4.66. The molecule has 0 radical (unpaired) electrons. The van der Waals surface area contributed by atoms with Crippen molar-refractivity contribution in [2.45, 2.75) is 18.9 Å². The molecule has 1 aromatic rings. The highest BCUT2D eigenvalue weighted by Gasteiger charge is 2.18. The molecule has 0 saturated carbocycles. The van der Waals surface area contributed by atoms with Crippen LogP contribution in [-0.4, -0.2) is 6.54 Å². The number of anilines is 1. The van der Waals surface area contributed by atoms with Gasteiger partial charge in [0, 0.05) is 6.04 Å². The SMILES string of the molecule is Nc1c(F)cc([C@@H]2CCCN2)cc1Cl. The highest BCUT2D eigenvalue weighted by Crippen LogP contribution is 2.30. The third kappa shape index (κ3) is 1.70. The monoisotopic (exact) mass is 214 g/mol. The van der Waals surface area contributed by atoms with E-state index in [4.69, 9.17) is 17.3 Å². The Labute approximate surface area is 87.2 Å². The van der Waals surface area contributed by atoms with Gasteiger partial charge in [0.1, 0.15) is 5.82 Å². The molecule has 4 heteroatoms. The van der Waals surface area contributed by atoms with E-state index in [-0.39, 0.29) is 11.7 Å². The van der Waals surface area contributed by atoms with Crippen LogP contribution in [0.25, 0.3) is 0 Å². The molecule has 2 nitrogen and oxygen atoms in total. The van der Waals surface area contributed by atoms with Crippen molar-refractivity contribution in [3.05, 3.63) is 28.5 Å². The third-order valence-corrected chi connectivity index (χ3v) is 2.88. The molecule has 0 unspecified atom stereocenters. The van der Waals surface area contributed by atoms with Gasteiger partial charge in [0.15, 0.2) is 0 Å². The van der Waals surface area contributed by atoms with Crippen LogP contribution in [0.3, 0.4) is 0 Å². The fourth-order valence-corrected chi connectivity index (χ4v) is 1.99. The molecule has 0 spiro atoms. The van der Waals surface area contributed by atoms with Gasteiger partial charge in [0.05, 0.1) is 10.7 Å². The van der Waals surface area contributed by atoms with E-state index in [1.807, 2.05) is 0 Å². The summed E-state index contributed by atoms with van der Waals surface area (Å²) in [4.78, 5) is 0. The maximum absolute atomic E-state index is 13.3. The zero-order chi connectivity index (χ0) is 10.1. The summed E-state index contributed by atoms with van der Waals surface area (Å²) in [5, 5.41) is 3.58. The molecule has 1 aromatic carbocycles. The molecule has 1 aliphatic rings. The van der Waals surface area contributed by atoms with Gasteiger partial charge < -0.3 is 11.1 Å². The van der Waals surface area contributed by atoms with Crippen LogP contribution in [0.5, 0.6) is 0 Å². The molecule has 0 aliphatic carbocycles. The molecule has 0 bridgehead atoms. The number of benzene rings is 1. The van der Waals surface area contributed by atoms with Crippen molar-refractivity contribution in [1.82, 2.24) is 5.32 Å². The minimum absolute atomic E-state index is 0.0356. The first-order chi connectivity index (χ1) is 6.68. The van der Waals surface area contributed by atoms with Gasteiger partial charge in [-0.1, -0.05) is 11.6 Å². The molecule has 76 valence electrons. The summed E-state index contributed by atoms with van der Waals surface area (Å²) in [6, 6.07) is 3.43. The lowest BCUT2D eigenvalue weighted by atomic mass is 10.0. The molecule has 1 heterocycles. The predicted molar refractivity (Wildman–Crippen MR) is 55.8 cm³/mol. The van der Waals surface area contributed by atoms with Gasteiger partial charge in [-0.2, -0.15) is 0 Å².